The van der Waals surface area contributed by atoms with E-state index in [1.807, 2.05) is 36.7 Å². The quantitative estimate of drug-likeness (QED) is 0.460. The molecule has 6 heteroatoms. The van der Waals surface area contributed by atoms with Crippen LogP contribution < -0.4 is 15.5 Å². The molecule has 0 radical (unpaired) electrons. The molecule has 0 bridgehead atoms. The van der Waals surface area contributed by atoms with Crippen LogP contribution in [-0.2, 0) is 24.1 Å². The first-order valence-electron chi connectivity index (χ1n) is 12.5. The Kier molecular flexibility index (Phi) is 8.85. The molecule has 0 spiro atoms. The molecule has 2 heterocycles. The van der Waals surface area contributed by atoms with Crippen molar-refractivity contribution in [1.82, 2.24) is 15.6 Å². The number of rotatable bonds is 10. The molecule has 1 amide bonds. The summed E-state index contributed by atoms with van der Waals surface area (Å²) in [5.41, 5.74) is 4.36. The summed E-state index contributed by atoms with van der Waals surface area (Å²) >= 11 is 0. The fourth-order valence-corrected chi connectivity index (χ4v) is 4.75. The molecule has 1 saturated heterocycles. The van der Waals surface area contributed by atoms with E-state index in [0.29, 0.717) is 31.5 Å². The third kappa shape index (κ3) is 7.89. The maximum absolute atomic E-state index is 13.3. The number of halogens is 1. The zero-order valence-electron chi connectivity index (χ0n) is 20.4. The molecular formula is C29H35FN4O. The molecule has 1 aromatic heterocycles. The Morgan fingerprint density at radius 1 is 1.06 bits per heavy atom. The Balaban J connectivity index is 1.17. The van der Waals surface area contributed by atoms with Gasteiger partial charge in [0.1, 0.15) is 5.82 Å². The van der Waals surface area contributed by atoms with Crippen molar-refractivity contribution in [3.63, 3.8) is 0 Å². The zero-order chi connectivity index (χ0) is 24.5. The molecule has 184 valence electrons. The molecule has 4 rings (SSSR count). The van der Waals surface area contributed by atoms with Gasteiger partial charge in [-0.05, 0) is 79.6 Å². The first kappa shape index (κ1) is 24.9. The molecule has 1 aliphatic rings. The molecule has 3 aromatic rings. The van der Waals surface area contributed by atoms with Crippen LogP contribution in [0.1, 0.15) is 36.5 Å². The fraction of sp³-hybridized carbons (Fsp3) is 0.379. The largest absolute Gasteiger partial charge is 0.371 e. The van der Waals surface area contributed by atoms with Crippen LogP contribution in [0.15, 0.2) is 73.1 Å². The summed E-state index contributed by atoms with van der Waals surface area (Å²) in [5.74, 6) is -0.258. The Bertz CT molecular complexity index is 1070. The van der Waals surface area contributed by atoms with Crippen molar-refractivity contribution in [2.75, 3.05) is 24.5 Å². The predicted octanol–water partition coefficient (Wildman–Crippen LogP) is 4.31. The van der Waals surface area contributed by atoms with Gasteiger partial charge in [0.25, 0.3) is 0 Å². The number of carbonyl (C=O) groups is 1. The summed E-state index contributed by atoms with van der Waals surface area (Å²) in [6.07, 6.45) is 7.96. The summed E-state index contributed by atoms with van der Waals surface area (Å²) in [5, 5.41) is 6.71. The summed E-state index contributed by atoms with van der Waals surface area (Å²) in [4.78, 5) is 18.9. The molecule has 1 atom stereocenters. The van der Waals surface area contributed by atoms with Crippen LogP contribution in [0, 0.1) is 5.82 Å². The lowest BCUT2D eigenvalue weighted by molar-refractivity contribution is -0.120. The molecular weight excluding hydrogens is 439 g/mol. The standard InChI is InChI=1S/C29H35FN4O/c1-22(18-25-5-3-14-31-21-25)33-27-12-16-34(17-13-27)28-9-7-24(8-10-28)20-29(35)32-15-11-23-4-2-6-26(30)19-23/h2-10,14,19,21-22,27,33H,11-13,15-18,20H2,1H3,(H,32,35). The minimum atomic E-state index is -0.246. The third-order valence-corrected chi connectivity index (χ3v) is 6.57. The van der Waals surface area contributed by atoms with Crippen molar-refractivity contribution in [1.29, 1.82) is 0 Å². The van der Waals surface area contributed by atoms with Gasteiger partial charge in [-0.25, -0.2) is 4.39 Å². The molecule has 0 saturated carbocycles. The van der Waals surface area contributed by atoms with E-state index in [1.165, 1.54) is 23.4 Å². The van der Waals surface area contributed by atoms with Gasteiger partial charge in [0.15, 0.2) is 0 Å². The van der Waals surface area contributed by atoms with Crippen LogP contribution in [-0.4, -0.2) is 42.6 Å². The van der Waals surface area contributed by atoms with Crippen molar-refractivity contribution in [3.05, 3.63) is 95.6 Å². The number of aromatic nitrogens is 1. The molecule has 1 aliphatic heterocycles. The molecule has 2 N–H and O–H groups in total. The summed E-state index contributed by atoms with van der Waals surface area (Å²) < 4.78 is 13.3. The van der Waals surface area contributed by atoms with Crippen molar-refractivity contribution in [2.45, 2.75) is 51.1 Å². The molecule has 1 fully saturated rings. The molecule has 0 aliphatic carbocycles. The number of benzene rings is 2. The van der Waals surface area contributed by atoms with Crippen molar-refractivity contribution in [2.24, 2.45) is 0 Å². The highest BCUT2D eigenvalue weighted by Gasteiger charge is 2.21. The maximum Gasteiger partial charge on any atom is 0.224 e. The van der Waals surface area contributed by atoms with E-state index >= 15 is 0 Å². The Morgan fingerprint density at radius 3 is 2.54 bits per heavy atom. The number of anilines is 1. The average Bonchev–Trinajstić information content (AvgIpc) is 2.86. The number of nitrogens with zero attached hydrogens (tertiary/aromatic N) is 2. The van der Waals surface area contributed by atoms with Gasteiger partial charge in [0.2, 0.25) is 5.91 Å². The first-order chi connectivity index (χ1) is 17.0. The van der Waals surface area contributed by atoms with Crippen LogP contribution in [0.4, 0.5) is 10.1 Å². The minimum absolute atomic E-state index is 0.0126. The highest BCUT2D eigenvalue weighted by Crippen LogP contribution is 2.21. The topological polar surface area (TPSA) is 57.3 Å². The van der Waals surface area contributed by atoms with Crippen LogP contribution in [0.5, 0.6) is 0 Å². The summed E-state index contributed by atoms with van der Waals surface area (Å²) in [6, 6.07) is 19.9. The van der Waals surface area contributed by atoms with Gasteiger partial charge in [-0.1, -0.05) is 30.3 Å². The molecule has 2 aromatic carbocycles. The summed E-state index contributed by atoms with van der Waals surface area (Å²) in [7, 11) is 0. The highest BCUT2D eigenvalue weighted by atomic mass is 19.1. The maximum atomic E-state index is 13.3. The van der Waals surface area contributed by atoms with E-state index in [9.17, 15) is 9.18 Å². The van der Waals surface area contributed by atoms with E-state index in [-0.39, 0.29) is 11.7 Å². The second-order valence-corrected chi connectivity index (χ2v) is 9.47. The van der Waals surface area contributed by atoms with Gasteiger partial charge in [-0.3, -0.25) is 9.78 Å². The molecule has 1 unspecified atom stereocenters. The lowest BCUT2D eigenvalue weighted by Gasteiger charge is -2.35. The Hall–Kier alpha value is -3.25. The van der Waals surface area contributed by atoms with Gasteiger partial charge in [0, 0.05) is 49.8 Å². The molecule has 5 nitrogen and oxygen atoms in total. The Morgan fingerprint density at radius 2 is 1.83 bits per heavy atom. The minimum Gasteiger partial charge on any atom is -0.371 e. The SMILES string of the molecule is CC(Cc1cccnc1)NC1CCN(c2ccc(CC(=O)NCCc3cccc(F)c3)cc2)CC1. The second kappa shape index (κ2) is 12.5. The zero-order valence-corrected chi connectivity index (χ0v) is 20.4. The van der Waals surface area contributed by atoms with Crippen molar-refractivity contribution in [3.8, 4) is 0 Å². The lowest BCUT2D eigenvalue weighted by atomic mass is 10.0. The van der Waals surface area contributed by atoms with Gasteiger partial charge < -0.3 is 15.5 Å². The lowest BCUT2D eigenvalue weighted by Crippen LogP contribution is -2.46. The van der Waals surface area contributed by atoms with Gasteiger partial charge in [-0.2, -0.15) is 0 Å². The third-order valence-electron chi connectivity index (χ3n) is 6.57. The van der Waals surface area contributed by atoms with Crippen LogP contribution >= 0.6 is 0 Å². The smallest absolute Gasteiger partial charge is 0.224 e. The van der Waals surface area contributed by atoms with Crippen molar-refractivity contribution < 1.29 is 9.18 Å². The van der Waals surface area contributed by atoms with E-state index in [1.54, 1.807) is 6.07 Å². The highest BCUT2D eigenvalue weighted by molar-refractivity contribution is 5.78. The number of hydrogen-bond donors (Lipinski definition) is 2. The van der Waals surface area contributed by atoms with E-state index in [0.717, 1.165) is 43.5 Å². The van der Waals surface area contributed by atoms with Gasteiger partial charge in [0.05, 0.1) is 6.42 Å². The number of pyridine rings is 1. The van der Waals surface area contributed by atoms with E-state index < -0.39 is 0 Å². The predicted molar refractivity (Wildman–Crippen MR) is 139 cm³/mol. The molecule has 35 heavy (non-hydrogen) atoms. The van der Waals surface area contributed by atoms with Crippen molar-refractivity contribution >= 4 is 11.6 Å². The Labute approximate surface area is 207 Å². The first-order valence-corrected chi connectivity index (χ1v) is 12.5. The van der Waals surface area contributed by atoms with E-state index in [2.05, 4.69) is 45.6 Å². The van der Waals surface area contributed by atoms with Crippen LogP contribution in [0.3, 0.4) is 0 Å². The van der Waals surface area contributed by atoms with E-state index in [4.69, 9.17) is 0 Å². The monoisotopic (exact) mass is 474 g/mol. The number of amides is 1. The number of carbonyl (C=O) groups excluding carboxylic acids is 1. The average molecular weight is 475 g/mol. The van der Waals surface area contributed by atoms with Gasteiger partial charge in [-0.15, -0.1) is 0 Å². The number of piperidine rings is 1. The normalized spacial score (nSPS) is 15.1. The van der Waals surface area contributed by atoms with Crippen LogP contribution in [0.2, 0.25) is 0 Å². The van der Waals surface area contributed by atoms with Gasteiger partial charge >= 0.3 is 0 Å². The summed E-state index contributed by atoms with van der Waals surface area (Å²) in [6.45, 7) is 4.80. The number of nitrogens with one attached hydrogen (secondary N) is 2. The van der Waals surface area contributed by atoms with Crippen LogP contribution in [0.25, 0.3) is 0 Å². The fourth-order valence-electron chi connectivity index (χ4n) is 4.75. The number of hydrogen-bond acceptors (Lipinski definition) is 4. The second-order valence-electron chi connectivity index (χ2n) is 9.47.